The summed E-state index contributed by atoms with van der Waals surface area (Å²) in [5.74, 6) is -0.986. The van der Waals surface area contributed by atoms with Gasteiger partial charge in [-0.3, -0.25) is 4.79 Å². The Morgan fingerprint density at radius 1 is 1.03 bits per heavy atom. The molecule has 2 aromatic carbocycles. The van der Waals surface area contributed by atoms with E-state index in [9.17, 15) is 14.9 Å². The minimum Gasteiger partial charge on any atom is -0.462 e. The standard InChI is InChI=1S/C23H25N3O3/c1-4-16-10-9-11-17(5-2)21(16)26-22(27)18(14-24)15-25-20-13-8-7-12-19(20)23(28)29-6-3/h7-13,15,25H,4-6H2,1-3H3,(H,26,27)/b18-15-. The Kier molecular flexibility index (Phi) is 7.99. The Hall–Kier alpha value is -3.59. The van der Waals surface area contributed by atoms with Gasteiger partial charge in [-0.15, -0.1) is 0 Å². The van der Waals surface area contributed by atoms with Crippen molar-refractivity contribution in [2.75, 3.05) is 17.2 Å². The molecule has 0 radical (unpaired) electrons. The summed E-state index contributed by atoms with van der Waals surface area (Å²) in [5, 5.41) is 15.2. The topological polar surface area (TPSA) is 91.2 Å². The van der Waals surface area contributed by atoms with Gasteiger partial charge in [0.05, 0.1) is 17.9 Å². The third-order valence-corrected chi connectivity index (χ3v) is 4.40. The number of nitrogens with one attached hydrogen (secondary N) is 2. The molecule has 0 aliphatic heterocycles. The van der Waals surface area contributed by atoms with Gasteiger partial charge in [-0.1, -0.05) is 44.2 Å². The fourth-order valence-corrected chi connectivity index (χ4v) is 2.88. The molecule has 0 saturated heterocycles. The summed E-state index contributed by atoms with van der Waals surface area (Å²) >= 11 is 0. The fourth-order valence-electron chi connectivity index (χ4n) is 2.88. The molecule has 6 heteroatoms. The van der Waals surface area contributed by atoms with Crippen molar-refractivity contribution in [3.8, 4) is 6.07 Å². The van der Waals surface area contributed by atoms with Crippen molar-refractivity contribution in [2.45, 2.75) is 33.6 Å². The molecule has 0 aliphatic rings. The van der Waals surface area contributed by atoms with E-state index in [0.29, 0.717) is 11.3 Å². The van der Waals surface area contributed by atoms with Crippen LogP contribution in [0.2, 0.25) is 0 Å². The number of nitrogens with zero attached hydrogens (tertiary/aromatic N) is 1. The Labute approximate surface area is 171 Å². The molecule has 2 aromatic rings. The highest BCUT2D eigenvalue weighted by Crippen LogP contribution is 2.23. The molecule has 2 N–H and O–H groups in total. The molecule has 0 saturated carbocycles. The van der Waals surface area contributed by atoms with Gasteiger partial charge in [0, 0.05) is 11.9 Å². The van der Waals surface area contributed by atoms with E-state index in [0.717, 1.165) is 29.7 Å². The maximum atomic E-state index is 12.7. The summed E-state index contributed by atoms with van der Waals surface area (Å²) in [7, 11) is 0. The van der Waals surface area contributed by atoms with Gasteiger partial charge in [-0.25, -0.2) is 4.79 Å². The molecule has 0 heterocycles. The first-order valence-corrected chi connectivity index (χ1v) is 9.60. The van der Waals surface area contributed by atoms with E-state index in [4.69, 9.17) is 4.74 Å². The number of hydrogen-bond donors (Lipinski definition) is 2. The molecule has 0 aromatic heterocycles. The number of benzene rings is 2. The predicted octanol–water partition coefficient (Wildman–Crippen LogP) is 4.45. The van der Waals surface area contributed by atoms with Crippen molar-refractivity contribution in [2.24, 2.45) is 0 Å². The van der Waals surface area contributed by atoms with Crippen LogP contribution in [0.1, 0.15) is 42.3 Å². The number of hydrogen-bond acceptors (Lipinski definition) is 5. The lowest BCUT2D eigenvalue weighted by Crippen LogP contribution is -2.17. The Morgan fingerprint density at radius 2 is 1.69 bits per heavy atom. The number of amides is 1. The highest BCUT2D eigenvalue weighted by molar-refractivity contribution is 6.07. The summed E-state index contributed by atoms with van der Waals surface area (Å²) in [4.78, 5) is 24.8. The van der Waals surface area contributed by atoms with Crippen LogP contribution < -0.4 is 10.6 Å². The van der Waals surface area contributed by atoms with E-state index < -0.39 is 11.9 Å². The van der Waals surface area contributed by atoms with Crippen molar-refractivity contribution in [3.63, 3.8) is 0 Å². The molecule has 1 amide bonds. The molecule has 2 rings (SSSR count). The second kappa shape index (κ2) is 10.7. The van der Waals surface area contributed by atoms with Crippen LogP contribution >= 0.6 is 0 Å². The number of nitriles is 1. The highest BCUT2D eigenvalue weighted by atomic mass is 16.5. The first-order valence-electron chi connectivity index (χ1n) is 9.60. The Bertz CT molecular complexity index is 936. The second-order valence-electron chi connectivity index (χ2n) is 6.19. The monoisotopic (exact) mass is 391 g/mol. The van der Waals surface area contributed by atoms with Crippen LogP contribution in [0.3, 0.4) is 0 Å². The SMILES string of the molecule is CCOC(=O)c1ccccc1N/C=C(/C#N)C(=O)Nc1c(CC)cccc1CC. The average molecular weight is 391 g/mol. The van der Waals surface area contributed by atoms with E-state index in [2.05, 4.69) is 10.6 Å². The number of ether oxygens (including phenoxy) is 1. The lowest BCUT2D eigenvalue weighted by Gasteiger charge is -2.14. The summed E-state index contributed by atoms with van der Waals surface area (Å²) < 4.78 is 5.04. The van der Waals surface area contributed by atoms with Crippen molar-refractivity contribution in [1.29, 1.82) is 5.26 Å². The minimum absolute atomic E-state index is 0.100. The van der Waals surface area contributed by atoms with Gasteiger partial charge in [0.15, 0.2) is 0 Å². The first kappa shape index (κ1) is 21.7. The van der Waals surface area contributed by atoms with Gasteiger partial charge in [0.1, 0.15) is 11.6 Å². The van der Waals surface area contributed by atoms with Crippen molar-refractivity contribution >= 4 is 23.3 Å². The predicted molar refractivity (Wildman–Crippen MR) is 114 cm³/mol. The van der Waals surface area contributed by atoms with Crippen LogP contribution in [0.5, 0.6) is 0 Å². The third kappa shape index (κ3) is 5.45. The van der Waals surface area contributed by atoms with Crippen LogP contribution in [-0.4, -0.2) is 18.5 Å². The van der Waals surface area contributed by atoms with Crippen molar-refractivity contribution in [3.05, 3.63) is 70.9 Å². The molecular formula is C23H25N3O3. The number of esters is 1. The summed E-state index contributed by atoms with van der Waals surface area (Å²) in [6, 6.07) is 14.5. The largest absolute Gasteiger partial charge is 0.462 e. The number of carbonyl (C=O) groups is 2. The number of aryl methyl sites for hydroxylation is 2. The maximum Gasteiger partial charge on any atom is 0.340 e. The normalized spacial score (nSPS) is 10.8. The summed E-state index contributed by atoms with van der Waals surface area (Å²) in [5.41, 5.74) is 3.45. The van der Waals surface area contributed by atoms with Gasteiger partial charge in [-0.05, 0) is 43.0 Å². The Balaban J connectivity index is 2.25. The van der Waals surface area contributed by atoms with E-state index in [1.807, 2.05) is 38.1 Å². The van der Waals surface area contributed by atoms with E-state index in [-0.39, 0.29) is 12.2 Å². The van der Waals surface area contributed by atoms with Gasteiger partial charge in [0.25, 0.3) is 5.91 Å². The van der Waals surface area contributed by atoms with Gasteiger partial charge in [-0.2, -0.15) is 5.26 Å². The van der Waals surface area contributed by atoms with Crippen LogP contribution in [0.25, 0.3) is 0 Å². The molecule has 0 bridgehead atoms. The molecule has 0 unspecified atom stereocenters. The van der Waals surface area contributed by atoms with Crippen LogP contribution in [0, 0.1) is 11.3 Å². The molecule has 0 spiro atoms. The lowest BCUT2D eigenvalue weighted by molar-refractivity contribution is -0.112. The highest BCUT2D eigenvalue weighted by Gasteiger charge is 2.15. The van der Waals surface area contributed by atoms with Gasteiger partial charge >= 0.3 is 5.97 Å². The van der Waals surface area contributed by atoms with Crippen LogP contribution in [-0.2, 0) is 22.4 Å². The summed E-state index contributed by atoms with van der Waals surface area (Å²) in [6.45, 7) is 6.01. The number of rotatable bonds is 8. The average Bonchev–Trinajstić information content (AvgIpc) is 2.74. The van der Waals surface area contributed by atoms with Crippen LogP contribution in [0.15, 0.2) is 54.2 Å². The van der Waals surface area contributed by atoms with E-state index in [1.54, 1.807) is 31.2 Å². The van der Waals surface area contributed by atoms with Crippen molar-refractivity contribution in [1.82, 2.24) is 0 Å². The molecular weight excluding hydrogens is 366 g/mol. The zero-order chi connectivity index (χ0) is 21.2. The number of anilines is 2. The van der Waals surface area contributed by atoms with Gasteiger partial charge < -0.3 is 15.4 Å². The van der Waals surface area contributed by atoms with E-state index >= 15 is 0 Å². The summed E-state index contributed by atoms with van der Waals surface area (Å²) in [6.07, 6.45) is 2.83. The maximum absolute atomic E-state index is 12.7. The lowest BCUT2D eigenvalue weighted by atomic mass is 10.0. The Morgan fingerprint density at radius 3 is 2.28 bits per heavy atom. The van der Waals surface area contributed by atoms with Crippen molar-refractivity contribution < 1.29 is 14.3 Å². The molecule has 0 aliphatic carbocycles. The van der Waals surface area contributed by atoms with Gasteiger partial charge in [0.2, 0.25) is 0 Å². The first-order chi connectivity index (χ1) is 14.0. The van der Waals surface area contributed by atoms with E-state index in [1.165, 1.54) is 6.20 Å². The third-order valence-electron chi connectivity index (χ3n) is 4.40. The fraction of sp³-hybridized carbons (Fsp3) is 0.261. The molecule has 29 heavy (non-hydrogen) atoms. The van der Waals surface area contributed by atoms with Crippen LogP contribution in [0.4, 0.5) is 11.4 Å². The number of para-hydroxylation sites is 2. The zero-order valence-corrected chi connectivity index (χ0v) is 16.9. The minimum atomic E-state index is -0.510. The quantitative estimate of drug-likeness (QED) is 0.394. The molecule has 0 fully saturated rings. The molecule has 0 atom stereocenters. The number of carbonyl (C=O) groups excluding carboxylic acids is 2. The molecule has 150 valence electrons. The second-order valence-corrected chi connectivity index (χ2v) is 6.19. The smallest absolute Gasteiger partial charge is 0.340 e. The zero-order valence-electron chi connectivity index (χ0n) is 16.9. The molecule has 6 nitrogen and oxygen atoms in total.